The molecule has 2 aromatic rings. The highest BCUT2D eigenvalue weighted by atomic mass is 127. The Hall–Kier alpha value is -2.05. The maximum Gasteiger partial charge on any atom is 0.213 e. The SMILES string of the molecule is CN=C(NCCS(=O)(=O)NCc1ccccc1)N1CCc2cc(OC)c(OC)cc2C1.I. The zero-order valence-corrected chi connectivity index (χ0v) is 21.8. The van der Waals surface area contributed by atoms with Gasteiger partial charge in [0.15, 0.2) is 17.5 Å². The maximum atomic E-state index is 12.3. The number of methoxy groups -OCH3 is 2. The van der Waals surface area contributed by atoms with Crippen molar-refractivity contribution in [1.29, 1.82) is 0 Å². The molecule has 1 heterocycles. The summed E-state index contributed by atoms with van der Waals surface area (Å²) in [6.45, 7) is 1.99. The van der Waals surface area contributed by atoms with Gasteiger partial charge in [-0.15, -0.1) is 24.0 Å². The average molecular weight is 574 g/mol. The number of nitrogens with one attached hydrogen (secondary N) is 2. The second kappa shape index (κ2) is 12.3. The van der Waals surface area contributed by atoms with Crippen LogP contribution in [0.3, 0.4) is 0 Å². The third kappa shape index (κ3) is 6.97. The van der Waals surface area contributed by atoms with Gasteiger partial charge in [0, 0.05) is 33.2 Å². The summed E-state index contributed by atoms with van der Waals surface area (Å²) in [7, 11) is 1.56. The minimum Gasteiger partial charge on any atom is -0.493 e. The molecule has 176 valence electrons. The van der Waals surface area contributed by atoms with E-state index in [9.17, 15) is 8.42 Å². The summed E-state index contributed by atoms with van der Waals surface area (Å²) in [4.78, 5) is 6.44. The molecule has 0 atom stereocenters. The standard InChI is InChI=1S/C22H30N4O4S.HI/c1-23-22(24-10-12-31(27,28)25-15-17-7-5-4-6-8-17)26-11-9-18-13-20(29-2)21(30-3)14-19(18)16-26;/h4-8,13-14,25H,9-12,15-16H2,1-3H3,(H,23,24);1H. The van der Waals surface area contributed by atoms with Crippen molar-refractivity contribution in [1.82, 2.24) is 14.9 Å². The molecule has 2 aromatic carbocycles. The highest BCUT2D eigenvalue weighted by Crippen LogP contribution is 2.33. The monoisotopic (exact) mass is 574 g/mol. The zero-order valence-electron chi connectivity index (χ0n) is 18.6. The van der Waals surface area contributed by atoms with Crippen molar-refractivity contribution < 1.29 is 17.9 Å². The van der Waals surface area contributed by atoms with Crippen molar-refractivity contribution in [2.24, 2.45) is 4.99 Å². The number of sulfonamides is 1. The smallest absolute Gasteiger partial charge is 0.213 e. The lowest BCUT2D eigenvalue weighted by Crippen LogP contribution is -2.45. The topological polar surface area (TPSA) is 92.3 Å². The molecule has 0 aliphatic carbocycles. The summed E-state index contributed by atoms with van der Waals surface area (Å²) in [5, 5.41) is 3.18. The first-order valence-electron chi connectivity index (χ1n) is 10.2. The normalized spacial score (nSPS) is 13.7. The number of nitrogens with zero attached hydrogens (tertiary/aromatic N) is 2. The van der Waals surface area contributed by atoms with Crippen LogP contribution in [0, 0.1) is 0 Å². The van der Waals surface area contributed by atoms with Crippen LogP contribution in [-0.4, -0.2) is 59.4 Å². The second-order valence-corrected chi connectivity index (χ2v) is 9.17. The number of hydrogen-bond acceptors (Lipinski definition) is 5. The summed E-state index contributed by atoms with van der Waals surface area (Å²) in [5.74, 6) is 2.07. The van der Waals surface area contributed by atoms with E-state index in [2.05, 4.69) is 19.9 Å². The molecule has 0 amide bonds. The van der Waals surface area contributed by atoms with Crippen LogP contribution in [0.25, 0.3) is 0 Å². The highest BCUT2D eigenvalue weighted by Gasteiger charge is 2.22. The van der Waals surface area contributed by atoms with E-state index in [1.807, 2.05) is 42.5 Å². The van der Waals surface area contributed by atoms with E-state index >= 15 is 0 Å². The molecule has 8 nitrogen and oxygen atoms in total. The number of hydrogen-bond donors (Lipinski definition) is 2. The van der Waals surface area contributed by atoms with Gasteiger partial charge in [-0.3, -0.25) is 4.99 Å². The first-order chi connectivity index (χ1) is 15.0. The molecule has 2 N–H and O–H groups in total. The Labute approximate surface area is 207 Å². The van der Waals surface area contributed by atoms with Crippen LogP contribution in [0.5, 0.6) is 11.5 Å². The molecule has 32 heavy (non-hydrogen) atoms. The van der Waals surface area contributed by atoms with Crippen LogP contribution in [-0.2, 0) is 29.5 Å². The first-order valence-corrected chi connectivity index (χ1v) is 11.8. The fourth-order valence-electron chi connectivity index (χ4n) is 3.55. The summed E-state index contributed by atoms with van der Waals surface area (Å²) in [5.41, 5.74) is 3.29. The molecular formula is C22H31IN4O4S. The van der Waals surface area contributed by atoms with Crippen molar-refractivity contribution in [3.63, 3.8) is 0 Å². The summed E-state index contributed by atoms with van der Waals surface area (Å²) in [6, 6.07) is 13.5. The molecule has 0 saturated carbocycles. The van der Waals surface area contributed by atoms with Gasteiger partial charge in [-0.05, 0) is 35.2 Å². The van der Waals surface area contributed by atoms with Gasteiger partial charge in [0.1, 0.15) is 0 Å². The molecule has 0 fully saturated rings. The Morgan fingerprint density at radius 1 is 1.09 bits per heavy atom. The van der Waals surface area contributed by atoms with Gasteiger partial charge < -0.3 is 19.7 Å². The van der Waals surface area contributed by atoms with Crippen LogP contribution in [0.1, 0.15) is 16.7 Å². The number of halogens is 1. The number of ether oxygens (including phenoxy) is 2. The first kappa shape index (κ1) is 26.2. The van der Waals surface area contributed by atoms with E-state index in [0.717, 1.165) is 29.8 Å². The zero-order chi connectivity index (χ0) is 22.3. The number of guanidine groups is 1. The van der Waals surface area contributed by atoms with Gasteiger partial charge in [0.25, 0.3) is 0 Å². The lowest BCUT2D eigenvalue weighted by molar-refractivity contribution is 0.346. The van der Waals surface area contributed by atoms with Crippen LogP contribution < -0.4 is 19.5 Å². The summed E-state index contributed by atoms with van der Waals surface area (Å²) >= 11 is 0. The fraction of sp³-hybridized carbons (Fsp3) is 0.409. The number of rotatable bonds is 8. The van der Waals surface area contributed by atoms with Crippen LogP contribution in [0.15, 0.2) is 47.5 Å². The Morgan fingerprint density at radius 3 is 2.38 bits per heavy atom. The predicted molar refractivity (Wildman–Crippen MR) is 138 cm³/mol. The highest BCUT2D eigenvalue weighted by molar-refractivity contribution is 14.0. The predicted octanol–water partition coefficient (Wildman–Crippen LogP) is 2.37. The molecule has 0 bridgehead atoms. The third-order valence-electron chi connectivity index (χ3n) is 5.22. The molecule has 0 aromatic heterocycles. The van der Waals surface area contributed by atoms with Crippen LogP contribution in [0.4, 0.5) is 0 Å². The lowest BCUT2D eigenvalue weighted by atomic mass is 9.99. The quantitative estimate of drug-likeness (QED) is 0.286. The third-order valence-corrected chi connectivity index (χ3v) is 6.55. The largest absolute Gasteiger partial charge is 0.493 e. The van der Waals surface area contributed by atoms with E-state index < -0.39 is 10.0 Å². The minimum atomic E-state index is -3.40. The van der Waals surface area contributed by atoms with E-state index in [0.29, 0.717) is 18.3 Å². The molecule has 1 aliphatic heterocycles. The van der Waals surface area contributed by atoms with Crippen molar-refractivity contribution >= 4 is 40.0 Å². The van der Waals surface area contributed by atoms with E-state index in [1.54, 1.807) is 21.3 Å². The van der Waals surface area contributed by atoms with Gasteiger partial charge in [0.2, 0.25) is 10.0 Å². The number of fused-ring (bicyclic) bond motifs is 1. The van der Waals surface area contributed by atoms with Gasteiger partial charge in [-0.2, -0.15) is 0 Å². The van der Waals surface area contributed by atoms with Crippen molar-refractivity contribution in [2.75, 3.05) is 40.1 Å². The molecule has 10 heteroatoms. The van der Waals surface area contributed by atoms with E-state index in [-0.39, 0.29) is 42.8 Å². The Morgan fingerprint density at radius 2 is 1.75 bits per heavy atom. The van der Waals surface area contributed by atoms with E-state index in [4.69, 9.17) is 9.47 Å². The van der Waals surface area contributed by atoms with Crippen molar-refractivity contribution in [2.45, 2.75) is 19.5 Å². The molecule has 1 aliphatic rings. The molecular weight excluding hydrogens is 543 g/mol. The van der Waals surface area contributed by atoms with Crippen molar-refractivity contribution in [3.05, 3.63) is 59.2 Å². The molecule has 3 rings (SSSR count). The molecule has 0 radical (unpaired) electrons. The molecule has 0 spiro atoms. The molecule has 0 saturated heterocycles. The number of benzene rings is 2. The molecule has 0 unspecified atom stereocenters. The number of aliphatic imine (C=N–C) groups is 1. The van der Waals surface area contributed by atoms with Gasteiger partial charge in [-0.25, -0.2) is 13.1 Å². The van der Waals surface area contributed by atoms with Crippen molar-refractivity contribution in [3.8, 4) is 11.5 Å². The van der Waals surface area contributed by atoms with Crippen LogP contribution in [0.2, 0.25) is 0 Å². The minimum absolute atomic E-state index is 0. The van der Waals surface area contributed by atoms with E-state index in [1.165, 1.54) is 5.56 Å². The Balaban J connectivity index is 0.00000363. The summed E-state index contributed by atoms with van der Waals surface area (Å²) < 4.78 is 38.1. The summed E-state index contributed by atoms with van der Waals surface area (Å²) in [6.07, 6.45) is 0.841. The second-order valence-electron chi connectivity index (χ2n) is 7.25. The maximum absolute atomic E-state index is 12.3. The van der Waals surface area contributed by atoms with Crippen LogP contribution >= 0.6 is 24.0 Å². The fourth-order valence-corrected chi connectivity index (χ4v) is 4.46. The average Bonchev–Trinajstić information content (AvgIpc) is 2.80. The van der Waals surface area contributed by atoms with Gasteiger partial charge >= 0.3 is 0 Å². The Bertz CT molecular complexity index is 1020. The Kier molecular flexibility index (Phi) is 10.0. The lowest BCUT2D eigenvalue weighted by Gasteiger charge is -2.32. The van der Waals surface area contributed by atoms with Gasteiger partial charge in [-0.1, -0.05) is 30.3 Å². The van der Waals surface area contributed by atoms with Gasteiger partial charge in [0.05, 0.1) is 20.0 Å².